The Kier molecular flexibility index (Phi) is 10.1. The van der Waals surface area contributed by atoms with Gasteiger partial charge in [0.15, 0.2) is 5.81 Å². The molecule has 0 aliphatic heterocycles. The molecule has 0 bridgehead atoms. The SMILES string of the molecule is [B]C(=O)NCC(=O)NC(C)(C)CC(C)(C)N(C)CN(C)C(C)(C)C(C)CC(C)(C)C. The Morgan fingerprint density at radius 2 is 1.43 bits per heavy atom. The van der Waals surface area contributed by atoms with Gasteiger partial charge in [0.25, 0.3) is 0 Å². The lowest BCUT2D eigenvalue weighted by Gasteiger charge is -2.48. The summed E-state index contributed by atoms with van der Waals surface area (Å²) in [6.07, 6.45) is 1.92. The molecule has 0 heterocycles. The van der Waals surface area contributed by atoms with Crippen LogP contribution < -0.4 is 10.6 Å². The normalized spacial score (nSPS) is 14.7. The van der Waals surface area contributed by atoms with Crippen molar-refractivity contribution in [2.45, 2.75) is 98.7 Å². The van der Waals surface area contributed by atoms with Crippen molar-refractivity contribution in [1.82, 2.24) is 20.4 Å². The lowest BCUT2D eigenvalue weighted by Crippen LogP contribution is -2.58. The van der Waals surface area contributed by atoms with E-state index >= 15 is 0 Å². The van der Waals surface area contributed by atoms with Gasteiger partial charge in [0.1, 0.15) is 0 Å². The molecule has 0 saturated heterocycles. The van der Waals surface area contributed by atoms with Gasteiger partial charge < -0.3 is 10.6 Å². The first kappa shape index (κ1) is 28.9. The first-order valence-corrected chi connectivity index (χ1v) is 11.0. The summed E-state index contributed by atoms with van der Waals surface area (Å²) in [7, 11) is 9.36. The zero-order valence-corrected chi connectivity index (χ0v) is 21.7. The number of amides is 2. The Labute approximate surface area is 187 Å². The monoisotopic (exact) mass is 422 g/mol. The molecule has 0 aliphatic rings. The van der Waals surface area contributed by atoms with Crippen LogP contribution in [-0.4, -0.2) is 73.3 Å². The van der Waals surface area contributed by atoms with Gasteiger partial charge in [-0.05, 0) is 79.8 Å². The first-order valence-electron chi connectivity index (χ1n) is 11.0. The van der Waals surface area contributed by atoms with E-state index in [1.807, 2.05) is 13.8 Å². The van der Waals surface area contributed by atoms with E-state index in [0.29, 0.717) is 11.3 Å². The smallest absolute Gasteiger partial charge is 0.239 e. The molecule has 0 aliphatic carbocycles. The predicted octanol–water partition coefficient (Wildman–Crippen LogP) is 3.60. The fourth-order valence-electron chi connectivity index (χ4n) is 4.09. The third-order valence-corrected chi connectivity index (χ3v) is 6.34. The Morgan fingerprint density at radius 1 is 0.933 bits per heavy atom. The van der Waals surface area contributed by atoms with Gasteiger partial charge in [-0.2, -0.15) is 0 Å². The number of carbonyl (C=O) groups excluding carboxylic acids is 2. The van der Waals surface area contributed by atoms with Crippen LogP contribution in [0, 0.1) is 11.3 Å². The van der Waals surface area contributed by atoms with Gasteiger partial charge >= 0.3 is 0 Å². The Bertz CT molecular complexity index is 582. The number of nitrogens with one attached hydrogen (secondary N) is 2. The molecule has 0 fully saturated rings. The van der Waals surface area contributed by atoms with E-state index in [9.17, 15) is 9.59 Å². The average Bonchev–Trinajstić information content (AvgIpc) is 2.49. The van der Waals surface area contributed by atoms with Gasteiger partial charge in [-0.15, -0.1) is 0 Å². The third kappa shape index (κ3) is 10.3. The molecular weight excluding hydrogens is 375 g/mol. The van der Waals surface area contributed by atoms with E-state index in [1.54, 1.807) is 0 Å². The van der Waals surface area contributed by atoms with E-state index in [-0.39, 0.29) is 23.5 Å². The molecule has 0 aromatic rings. The maximum atomic E-state index is 12.1. The summed E-state index contributed by atoms with van der Waals surface area (Å²) in [4.78, 5) is 27.7. The zero-order chi connectivity index (χ0) is 24.1. The second-order valence-electron chi connectivity index (χ2n) is 12.0. The Hall–Kier alpha value is -1.08. The van der Waals surface area contributed by atoms with Crippen molar-refractivity contribution in [1.29, 1.82) is 0 Å². The quantitative estimate of drug-likeness (QED) is 0.395. The second kappa shape index (κ2) is 10.5. The van der Waals surface area contributed by atoms with Crippen molar-refractivity contribution in [2.24, 2.45) is 11.3 Å². The van der Waals surface area contributed by atoms with E-state index in [1.165, 1.54) is 0 Å². The number of hydrogen-bond donors (Lipinski definition) is 2. The standard InChI is InChI=1S/C23H47BN4O2/c1-17(13-20(2,3)4)23(9,10)28(12)16-27(11)22(7,8)15-21(5,6)26-18(29)14-25-19(24)30/h17H,13-16H2,1-12H3,(H,25,30)(H,26,29). The van der Waals surface area contributed by atoms with E-state index < -0.39 is 11.3 Å². The van der Waals surface area contributed by atoms with Crippen LogP contribution >= 0.6 is 0 Å². The highest BCUT2D eigenvalue weighted by Crippen LogP contribution is 2.34. The van der Waals surface area contributed by atoms with Crippen molar-refractivity contribution in [3.05, 3.63) is 0 Å². The topological polar surface area (TPSA) is 64.7 Å². The summed E-state index contributed by atoms with van der Waals surface area (Å²) in [6.45, 7) is 23.0. The van der Waals surface area contributed by atoms with Gasteiger partial charge in [0, 0.05) is 16.6 Å². The van der Waals surface area contributed by atoms with Gasteiger partial charge in [-0.3, -0.25) is 19.4 Å². The van der Waals surface area contributed by atoms with E-state index in [2.05, 4.69) is 89.9 Å². The maximum absolute atomic E-state index is 12.1. The van der Waals surface area contributed by atoms with Gasteiger partial charge in [-0.1, -0.05) is 27.7 Å². The minimum absolute atomic E-state index is 0.0573. The molecule has 1 unspecified atom stereocenters. The van der Waals surface area contributed by atoms with Crippen LogP contribution in [0.15, 0.2) is 0 Å². The third-order valence-electron chi connectivity index (χ3n) is 6.34. The van der Waals surface area contributed by atoms with Crippen molar-refractivity contribution in [3.63, 3.8) is 0 Å². The Morgan fingerprint density at radius 3 is 1.87 bits per heavy atom. The van der Waals surface area contributed by atoms with Crippen molar-refractivity contribution >= 4 is 19.6 Å². The molecule has 0 rings (SSSR count). The van der Waals surface area contributed by atoms with Crippen LogP contribution in [-0.2, 0) is 4.79 Å². The van der Waals surface area contributed by atoms with E-state index in [0.717, 1.165) is 19.5 Å². The maximum Gasteiger partial charge on any atom is 0.239 e. The van der Waals surface area contributed by atoms with Gasteiger partial charge in [-0.25, -0.2) is 0 Å². The average molecular weight is 422 g/mol. The molecule has 6 nitrogen and oxygen atoms in total. The molecule has 2 amide bonds. The highest BCUT2D eigenvalue weighted by molar-refractivity contribution is 6.57. The molecule has 174 valence electrons. The second-order valence-corrected chi connectivity index (χ2v) is 12.0. The number of rotatable bonds is 11. The number of carbonyl (C=O) groups is 2. The van der Waals surface area contributed by atoms with Crippen LogP contribution in [0.1, 0.15) is 82.1 Å². The van der Waals surface area contributed by atoms with Crippen LogP contribution in [0.5, 0.6) is 0 Å². The van der Waals surface area contributed by atoms with E-state index in [4.69, 9.17) is 7.85 Å². The minimum atomic E-state index is -0.700. The van der Waals surface area contributed by atoms with Crippen molar-refractivity contribution < 1.29 is 9.59 Å². The zero-order valence-electron chi connectivity index (χ0n) is 21.7. The van der Waals surface area contributed by atoms with Crippen molar-refractivity contribution in [2.75, 3.05) is 27.3 Å². The highest BCUT2D eigenvalue weighted by atomic mass is 16.2. The summed E-state index contributed by atoms with van der Waals surface area (Å²) >= 11 is 0. The molecule has 0 saturated carbocycles. The summed E-state index contributed by atoms with van der Waals surface area (Å²) < 4.78 is 0. The minimum Gasteiger partial charge on any atom is -0.357 e. The van der Waals surface area contributed by atoms with Gasteiger partial charge in [0.05, 0.1) is 13.2 Å². The van der Waals surface area contributed by atoms with Crippen LogP contribution in [0.3, 0.4) is 0 Å². The summed E-state index contributed by atoms with van der Waals surface area (Å²) in [5.41, 5.74) is -0.219. The largest absolute Gasteiger partial charge is 0.357 e. The van der Waals surface area contributed by atoms with Crippen LogP contribution in [0.25, 0.3) is 0 Å². The number of hydrogen-bond acceptors (Lipinski definition) is 4. The van der Waals surface area contributed by atoms with Crippen molar-refractivity contribution in [3.8, 4) is 0 Å². The number of nitrogens with zero attached hydrogens (tertiary/aromatic N) is 2. The predicted molar refractivity (Wildman–Crippen MR) is 128 cm³/mol. The first-order chi connectivity index (χ1) is 13.2. The van der Waals surface area contributed by atoms with Crippen LogP contribution in [0.2, 0.25) is 0 Å². The fraction of sp³-hybridized carbons (Fsp3) is 0.913. The summed E-state index contributed by atoms with van der Waals surface area (Å²) in [6, 6.07) is 0. The molecule has 2 N–H and O–H groups in total. The molecule has 7 heteroatoms. The summed E-state index contributed by atoms with van der Waals surface area (Å²) in [5, 5.41) is 5.33. The molecule has 0 aromatic carbocycles. The Balaban J connectivity index is 5.04. The lowest BCUT2D eigenvalue weighted by molar-refractivity contribution is -0.122. The molecule has 2 radical (unpaired) electrons. The molecule has 0 spiro atoms. The molecular formula is C23H47BN4O2. The fourth-order valence-corrected chi connectivity index (χ4v) is 4.09. The van der Waals surface area contributed by atoms with Crippen LogP contribution in [0.4, 0.5) is 4.79 Å². The molecule has 30 heavy (non-hydrogen) atoms. The summed E-state index contributed by atoms with van der Waals surface area (Å²) in [5.74, 6) is -0.395. The molecule has 1 atom stereocenters. The van der Waals surface area contributed by atoms with Gasteiger partial charge in [0.2, 0.25) is 13.8 Å². The molecule has 0 aromatic heterocycles. The lowest BCUT2D eigenvalue weighted by atomic mass is 9.76. The highest BCUT2D eigenvalue weighted by Gasteiger charge is 2.37.